The standard InChI is InChI=1S/C17H17ClN6O/c18-13-3-1-4-15(16(13)24-8-2-7-20-24)22-17(25)21-12-5-6-14-11(9-12)10-19-23-14/h1-4,7-8,10,12H,5-6,9H2,(H,19,23)(H2,21,22,25). The Bertz CT molecular complexity index is 888. The molecule has 1 unspecified atom stereocenters. The van der Waals surface area contributed by atoms with E-state index in [1.54, 1.807) is 41.3 Å². The molecule has 0 fully saturated rings. The third kappa shape index (κ3) is 3.23. The number of carbonyl (C=O) groups excluding carboxylic acids is 1. The van der Waals surface area contributed by atoms with Gasteiger partial charge in [0.05, 0.1) is 16.9 Å². The monoisotopic (exact) mass is 356 g/mol. The van der Waals surface area contributed by atoms with Crippen LogP contribution >= 0.6 is 11.6 Å². The maximum Gasteiger partial charge on any atom is 0.319 e. The van der Waals surface area contributed by atoms with Gasteiger partial charge >= 0.3 is 6.03 Å². The fourth-order valence-electron chi connectivity index (χ4n) is 3.13. The summed E-state index contributed by atoms with van der Waals surface area (Å²) < 4.78 is 1.64. The number of nitrogens with one attached hydrogen (secondary N) is 3. The third-order valence-electron chi connectivity index (χ3n) is 4.32. The Hall–Kier alpha value is -2.80. The molecule has 1 aliphatic carbocycles. The lowest BCUT2D eigenvalue weighted by Gasteiger charge is -2.23. The molecule has 2 aromatic heterocycles. The molecule has 0 radical (unpaired) electrons. The Morgan fingerprint density at radius 2 is 2.28 bits per heavy atom. The predicted molar refractivity (Wildman–Crippen MR) is 95.1 cm³/mol. The molecule has 3 aromatic rings. The molecule has 1 aromatic carbocycles. The predicted octanol–water partition coefficient (Wildman–Crippen LogP) is 2.93. The molecular formula is C17H17ClN6O. The van der Waals surface area contributed by atoms with E-state index in [4.69, 9.17) is 11.6 Å². The molecule has 0 bridgehead atoms. The minimum absolute atomic E-state index is 0.0810. The number of nitrogens with zero attached hydrogens (tertiary/aromatic N) is 3. The van der Waals surface area contributed by atoms with Gasteiger partial charge in [-0.2, -0.15) is 10.2 Å². The van der Waals surface area contributed by atoms with E-state index >= 15 is 0 Å². The van der Waals surface area contributed by atoms with Crippen molar-refractivity contribution in [1.82, 2.24) is 25.3 Å². The van der Waals surface area contributed by atoms with Gasteiger partial charge in [-0.3, -0.25) is 5.10 Å². The van der Waals surface area contributed by atoms with Crippen molar-refractivity contribution in [3.63, 3.8) is 0 Å². The van der Waals surface area contributed by atoms with Crippen molar-refractivity contribution in [1.29, 1.82) is 0 Å². The number of urea groups is 1. The van der Waals surface area contributed by atoms with Crippen molar-refractivity contribution >= 4 is 23.3 Å². The summed E-state index contributed by atoms with van der Waals surface area (Å²) >= 11 is 6.30. The number of amides is 2. The lowest BCUT2D eigenvalue weighted by Crippen LogP contribution is -2.41. The van der Waals surface area contributed by atoms with Crippen LogP contribution in [0.4, 0.5) is 10.5 Å². The van der Waals surface area contributed by atoms with Gasteiger partial charge in [0.1, 0.15) is 5.69 Å². The highest BCUT2D eigenvalue weighted by Gasteiger charge is 2.22. The first-order valence-electron chi connectivity index (χ1n) is 8.08. The van der Waals surface area contributed by atoms with Crippen LogP contribution in [0.15, 0.2) is 42.9 Å². The van der Waals surface area contributed by atoms with Gasteiger partial charge in [0.2, 0.25) is 0 Å². The number of aryl methyl sites for hydroxylation is 1. The summed E-state index contributed by atoms with van der Waals surface area (Å²) in [6.07, 6.45) is 7.82. The van der Waals surface area contributed by atoms with Crippen molar-refractivity contribution in [3.05, 3.63) is 59.1 Å². The molecule has 1 atom stereocenters. The zero-order valence-electron chi connectivity index (χ0n) is 13.4. The van der Waals surface area contributed by atoms with Gasteiger partial charge in [-0.05, 0) is 43.0 Å². The van der Waals surface area contributed by atoms with Gasteiger partial charge in [-0.15, -0.1) is 0 Å². The number of benzene rings is 1. The lowest BCUT2D eigenvalue weighted by atomic mass is 9.94. The lowest BCUT2D eigenvalue weighted by molar-refractivity contribution is 0.247. The first-order valence-corrected chi connectivity index (χ1v) is 8.45. The van der Waals surface area contributed by atoms with Gasteiger partial charge in [-0.1, -0.05) is 17.7 Å². The van der Waals surface area contributed by atoms with Gasteiger partial charge in [0.15, 0.2) is 0 Å². The summed E-state index contributed by atoms with van der Waals surface area (Å²) in [6, 6.07) is 6.99. The minimum atomic E-state index is -0.257. The summed E-state index contributed by atoms with van der Waals surface area (Å²) in [4.78, 5) is 12.4. The van der Waals surface area contributed by atoms with Gasteiger partial charge in [0.25, 0.3) is 0 Å². The molecule has 25 heavy (non-hydrogen) atoms. The minimum Gasteiger partial charge on any atom is -0.335 e. The zero-order valence-corrected chi connectivity index (χ0v) is 14.1. The van der Waals surface area contributed by atoms with Crippen molar-refractivity contribution < 1.29 is 4.79 Å². The van der Waals surface area contributed by atoms with E-state index in [0.717, 1.165) is 30.5 Å². The van der Waals surface area contributed by atoms with E-state index in [9.17, 15) is 4.79 Å². The summed E-state index contributed by atoms with van der Waals surface area (Å²) in [5, 5.41) is 17.7. The number of hydrogen-bond donors (Lipinski definition) is 3. The Morgan fingerprint density at radius 3 is 3.12 bits per heavy atom. The van der Waals surface area contributed by atoms with Gasteiger partial charge in [-0.25, -0.2) is 9.48 Å². The summed E-state index contributed by atoms with van der Waals surface area (Å²) in [5.41, 5.74) is 3.57. The van der Waals surface area contributed by atoms with Crippen LogP contribution in [0.25, 0.3) is 5.69 Å². The van der Waals surface area contributed by atoms with Gasteiger partial charge < -0.3 is 10.6 Å². The first-order chi connectivity index (χ1) is 12.2. The molecular weight excluding hydrogens is 340 g/mol. The SMILES string of the molecule is O=C(Nc1cccc(Cl)c1-n1cccn1)NC1CCc2[nH]ncc2C1. The second kappa shape index (κ2) is 6.60. The number of rotatable bonds is 3. The molecule has 3 N–H and O–H groups in total. The summed E-state index contributed by atoms with van der Waals surface area (Å²) in [7, 11) is 0. The van der Waals surface area contributed by atoms with Crippen molar-refractivity contribution in [2.75, 3.05) is 5.32 Å². The molecule has 1 aliphatic rings. The van der Waals surface area contributed by atoms with Gasteiger partial charge in [0, 0.05) is 24.1 Å². The molecule has 7 nitrogen and oxygen atoms in total. The second-order valence-electron chi connectivity index (χ2n) is 6.00. The molecule has 0 spiro atoms. The second-order valence-corrected chi connectivity index (χ2v) is 6.41. The Balaban J connectivity index is 1.48. The Morgan fingerprint density at radius 1 is 1.36 bits per heavy atom. The molecule has 8 heteroatoms. The third-order valence-corrected chi connectivity index (χ3v) is 4.63. The molecule has 2 amide bonds. The number of H-pyrrole nitrogens is 1. The maximum atomic E-state index is 12.4. The van der Waals surface area contributed by atoms with E-state index in [0.29, 0.717) is 16.4 Å². The topological polar surface area (TPSA) is 87.6 Å². The van der Waals surface area contributed by atoms with Crippen LogP contribution in [0, 0.1) is 0 Å². The average Bonchev–Trinajstić information content (AvgIpc) is 3.25. The summed E-state index contributed by atoms with van der Waals surface area (Å²) in [6.45, 7) is 0. The van der Waals surface area contributed by atoms with Crippen LogP contribution in [-0.2, 0) is 12.8 Å². The zero-order chi connectivity index (χ0) is 17.2. The molecule has 0 saturated carbocycles. The molecule has 128 valence electrons. The van der Waals surface area contributed by atoms with Crippen LogP contribution in [0.5, 0.6) is 0 Å². The van der Waals surface area contributed by atoms with Crippen molar-refractivity contribution in [2.24, 2.45) is 0 Å². The van der Waals surface area contributed by atoms with E-state index < -0.39 is 0 Å². The molecule has 0 saturated heterocycles. The fraction of sp³-hybridized carbons (Fsp3) is 0.235. The number of fused-ring (bicyclic) bond motifs is 1. The number of hydrogen-bond acceptors (Lipinski definition) is 3. The number of anilines is 1. The number of aromatic amines is 1. The Kier molecular flexibility index (Phi) is 4.15. The van der Waals surface area contributed by atoms with Crippen LogP contribution < -0.4 is 10.6 Å². The van der Waals surface area contributed by atoms with Crippen molar-refractivity contribution in [3.8, 4) is 5.69 Å². The van der Waals surface area contributed by atoms with Crippen LogP contribution in [0.2, 0.25) is 5.02 Å². The first kappa shape index (κ1) is 15.7. The van der Waals surface area contributed by atoms with Crippen LogP contribution in [-0.4, -0.2) is 32.1 Å². The van der Waals surface area contributed by atoms with E-state index in [1.165, 1.54) is 0 Å². The Labute approximate surface area is 149 Å². The molecule has 4 rings (SSSR count). The largest absolute Gasteiger partial charge is 0.335 e. The number of halogens is 1. The van der Waals surface area contributed by atoms with Crippen LogP contribution in [0.3, 0.4) is 0 Å². The smallest absolute Gasteiger partial charge is 0.319 e. The fourth-order valence-corrected chi connectivity index (χ4v) is 3.39. The molecule has 0 aliphatic heterocycles. The quantitative estimate of drug-likeness (QED) is 0.674. The maximum absolute atomic E-state index is 12.4. The highest BCUT2D eigenvalue weighted by Crippen LogP contribution is 2.28. The number of aromatic nitrogens is 4. The van der Waals surface area contributed by atoms with E-state index in [1.807, 2.05) is 6.20 Å². The highest BCUT2D eigenvalue weighted by atomic mass is 35.5. The van der Waals surface area contributed by atoms with Crippen molar-refractivity contribution in [2.45, 2.75) is 25.3 Å². The molecule has 2 heterocycles. The number of para-hydroxylation sites is 1. The average molecular weight is 357 g/mol. The van der Waals surface area contributed by atoms with E-state index in [-0.39, 0.29) is 12.1 Å². The number of carbonyl (C=O) groups is 1. The van der Waals surface area contributed by atoms with Crippen LogP contribution in [0.1, 0.15) is 17.7 Å². The van der Waals surface area contributed by atoms with E-state index in [2.05, 4.69) is 25.9 Å². The highest BCUT2D eigenvalue weighted by molar-refractivity contribution is 6.33. The normalized spacial score (nSPS) is 16.3. The summed E-state index contributed by atoms with van der Waals surface area (Å²) in [5.74, 6) is 0.